The Bertz CT molecular complexity index is 250. The first kappa shape index (κ1) is 11.1. The van der Waals surface area contributed by atoms with Crippen LogP contribution in [0, 0.1) is 0 Å². The summed E-state index contributed by atoms with van der Waals surface area (Å²) < 4.78 is 5.30. The maximum atomic E-state index is 9.10. The molecule has 2 nitrogen and oxygen atoms in total. The van der Waals surface area contributed by atoms with Gasteiger partial charge in [0.05, 0.1) is 6.10 Å². The highest BCUT2D eigenvalue weighted by Crippen LogP contribution is 2.13. The Morgan fingerprint density at radius 1 is 1.29 bits per heavy atom. The molecule has 2 heteroatoms. The molecule has 1 atom stereocenters. The van der Waals surface area contributed by atoms with Crippen molar-refractivity contribution in [2.45, 2.75) is 32.3 Å². The molecule has 0 spiro atoms. The number of hydrogen-bond donors (Lipinski definition) is 1. The first-order valence-corrected chi connectivity index (χ1v) is 5.07. The molecule has 0 heterocycles. The van der Waals surface area contributed by atoms with Crippen LogP contribution in [0.4, 0.5) is 0 Å². The van der Waals surface area contributed by atoms with Crippen LogP contribution < -0.4 is 0 Å². The van der Waals surface area contributed by atoms with Crippen molar-refractivity contribution in [1.29, 1.82) is 0 Å². The lowest BCUT2D eigenvalue weighted by Crippen LogP contribution is -2.09. The molecule has 14 heavy (non-hydrogen) atoms. The van der Waals surface area contributed by atoms with Gasteiger partial charge >= 0.3 is 0 Å². The Morgan fingerprint density at radius 3 is 2.43 bits per heavy atom. The SMILES string of the molecule is CCC(CCc1ccc(O)cc1)OC. The smallest absolute Gasteiger partial charge is 0.115 e. The van der Waals surface area contributed by atoms with Crippen molar-refractivity contribution in [2.24, 2.45) is 0 Å². The molecule has 1 aromatic carbocycles. The van der Waals surface area contributed by atoms with E-state index in [1.165, 1.54) is 5.56 Å². The van der Waals surface area contributed by atoms with Crippen LogP contribution in [-0.2, 0) is 11.2 Å². The van der Waals surface area contributed by atoms with E-state index in [0.717, 1.165) is 19.3 Å². The van der Waals surface area contributed by atoms with Gasteiger partial charge in [0, 0.05) is 7.11 Å². The van der Waals surface area contributed by atoms with Gasteiger partial charge in [0.15, 0.2) is 0 Å². The van der Waals surface area contributed by atoms with E-state index in [1.807, 2.05) is 12.1 Å². The molecular formula is C12H18O2. The number of phenols is 1. The number of aryl methyl sites for hydroxylation is 1. The van der Waals surface area contributed by atoms with Crippen molar-refractivity contribution < 1.29 is 9.84 Å². The van der Waals surface area contributed by atoms with Crippen molar-refractivity contribution in [3.05, 3.63) is 29.8 Å². The summed E-state index contributed by atoms with van der Waals surface area (Å²) in [7, 11) is 1.75. The molecule has 0 amide bonds. The summed E-state index contributed by atoms with van der Waals surface area (Å²) in [4.78, 5) is 0. The Morgan fingerprint density at radius 2 is 1.93 bits per heavy atom. The second kappa shape index (κ2) is 5.66. The number of hydrogen-bond acceptors (Lipinski definition) is 2. The van der Waals surface area contributed by atoms with Gasteiger partial charge in [-0.1, -0.05) is 19.1 Å². The van der Waals surface area contributed by atoms with E-state index in [2.05, 4.69) is 6.92 Å². The van der Waals surface area contributed by atoms with E-state index >= 15 is 0 Å². The zero-order valence-corrected chi connectivity index (χ0v) is 8.86. The summed E-state index contributed by atoms with van der Waals surface area (Å²) in [5.74, 6) is 0.326. The van der Waals surface area contributed by atoms with Gasteiger partial charge < -0.3 is 9.84 Å². The summed E-state index contributed by atoms with van der Waals surface area (Å²) in [5.41, 5.74) is 1.25. The average molecular weight is 194 g/mol. The van der Waals surface area contributed by atoms with Crippen LogP contribution in [0.2, 0.25) is 0 Å². The molecule has 1 aromatic rings. The van der Waals surface area contributed by atoms with Gasteiger partial charge in [0.25, 0.3) is 0 Å². The van der Waals surface area contributed by atoms with Crippen LogP contribution >= 0.6 is 0 Å². The van der Waals surface area contributed by atoms with E-state index < -0.39 is 0 Å². The number of phenolic OH excluding ortho intramolecular Hbond substituents is 1. The zero-order chi connectivity index (χ0) is 10.4. The van der Waals surface area contributed by atoms with E-state index in [9.17, 15) is 0 Å². The third kappa shape index (κ3) is 3.38. The average Bonchev–Trinajstić information content (AvgIpc) is 2.22. The minimum absolute atomic E-state index is 0.326. The lowest BCUT2D eigenvalue weighted by molar-refractivity contribution is 0.0924. The molecule has 0 aromatic heterocycles. The molecule has 0 fully saturated rings. The molecule has 0 radical (unpaired) electrons. The Balaban J connectivity index is 2.41. The summed E-state index contributed by atoms with van der Waals surface area (Å²) in [6, 6.07) is 7.36. The van der Waals surface area contributed by atoms with Crippen LogP contribution in [0.3, 0.4) is 0 Å². The minimum Gasteiger partial charge on any atom is -0.508 e. The lowest BCUT2D eigenvalue weighted by atomic mass is 10.1. The maximum Gasteiger partial charge on any atom is 0.115 e. The standard InChI is InChI=1S/C12H18O2/c1-3-12(14-2)9-6-10-4-7-11(13)8-5-10/h4-5,7-8,12-13H,3,6,9H2,1-2H3. The molecule has 0 aliphatic rings. The Kier molecular flexibility index (Phi) is 4.47. The first-order chi connectivity index (χ1) is 6.76. The molecule has 1 unspecified atom stereocenters. The third-order valence-corrected chi connectivity index (χ3v) is 2.48. The van der Waals surface area contributed by atoms with Gasteiger partial charge in [0.2, 0.25) is 0 Å². The molecule has 0 aliphatic carbocycles. The van der Waals surface area contributed by atoms with Crippen LogP contribution in [0.5, 0.6) is 5.75 Å². The van der Waals surface area contributed by atoms with Crippen molar-refractivity contribution in [1.82, 2.24) is 0 Å². The second-order valence-electron chi connectivity index (χ2n) is 3.47. The fourth-order valence-corrected chi connectivity index (χ4v) is 1.48. The molecule has 0 saturated carbocycles. The number of ether oxygens (including phenoxy) is 1. The number of rotatable bonds is 5. The van der Waals surface area contributed by atoms with Gasteiger partial charge in [-0.2, -0.15) is 0 Å². The fourth-order valence-electron chi connectivity index (χ4n) is 1.48. The summed E-state index contributed by atoms with van der Waals surface area (Å²) in [5, 5.41) is 9.10. The highest BCUT2D eigenvalue weighted by atomic mass is 16.5. The lowest BCUT2D eigenvalue weighted by Gasteiger charge is -2.12. The molecule has 1 N–H and O–H groups in total. The molecule has 1 rings (SSSR count). The number of aromatic hydroxyl groups is 1. The molecule has 78 valence electrons. The normalized spacial score (nSPS) is 12.7. The van der Waals surface area contributed by atoms with Gasteiger partial charge in [-0.25, -0.2) is 0 Å². The fraction of sp³-hybridized carbons (Fsp3) is 0.500. The topological polar surface area (TPSA) is 29.5 Å². The van der Waals surface area contributed by atoms with Gasteiger partial charge in [0.1, 0.15) is 5.75 Å². The summed E-state index contributed by atoms with van der Waals surface area (Å²) in [6.45, 7) is 2.13. The van der Waals surface area contributed by atoms with E-state index in [4.69, 9.17) is 9.84 Å². The van der Waals surface area contributed by atoms with Crippen molar-refractivity contribution in [3.8, 4) is 5.75 Å². The predicted molar refractivity (Wildman–Crippen MR) is 57.5 cm³/mol. The van der Waals surface area contributed by atoms with Crippen LogP contribution in [-0.4, -0.2) is 18.3 Å². The highest BCUT2D eigenvalue weighted by Gasteiger charge is 2.04. The van der Waals surface area contributed by atoms with E-state index in [1.54, 1.807) is 19.2 Å². The molecule has 0 bridgehead atoms. The quantitative estimate of drug-likeness (QED) is 0.781. The van der Waals surface area contributed by atoms with Crippen molar-refractivity contribution >= 4 is 0 Å². The Labute approximate surface area is 85.5 Å². The zero-order valence-electron chi connectivity index (χ0n) is 8.86. The van der Waals surface area contributed by atoms with Gasteiger partial charge in [-0.3, -0.25) is 0 Å². The first-order valence-electron chi connectivity index (χ1n) is 5.07. The minimum atomic E-state index is 0.326. The molecule has 0 aliphatic heterocycles. The predicted octanol–water partition coefficient (Wildman–Crippen LogP) is 2.75. The highest BCUT2D eigenvalue weighted by molar-refractivity contribution is 5.25. The molecule has 0 saturated heterocycles. The molecular weight excluding hydrogens is 176 g/mol. The van der Waals surface area contributed by atoms with Gasteiger partial charge in [-0.15, -0.1) is 0 Å². The van der Waals surface area contributed by atoms with Crippen LogP contribution in [0.15, 0.2) is 24.3 Å². The van der Waals surface area contributed by atoms with Crippen molar-refractivity contribution in [3.63, 3.8) is 0 Å². The Hall–Kier alpha value is -1.02. The third-order valence-electron chi connectivity index (χ3n) is 2.48. The monoisotopic (exact) mass is 194 g/mol. The van der Waals surface area contributed by atoms with Gasteiger partial charge in [-0.05, 0) is 37.0 Å². The number of benzene rings is 1. The second-order valence-corrected chi connectivity index (χ2v) is 3.47. The van der Waals surface area contributed by atoms with E-state index in [-0.39, 0.29) is 0 Å². The largest absolute Gasteiger partial charge is 0.508 e. The van der Waals surface area contributed by atoms with Crippen molar-refractivity contribution in [2.75, 3.05) is 7.11 Å². The van der Waals surface area contributed by atoms with Crippen LogP contribution in [0.1, 0.15) is 25.3 Å². The van der Waals surface area contributed by atoms with Crippen LogP contribution in [0.25, 0.3) is 0 Å². The summed E-state index contributed by atoms with van der Waals surface area (Å²) in [6.07, 6.45) is 3.45. The maximum absolute atomic E-state index is 9.10. The summed E-state index contributed by atoms with van der Waals surface area (Å²) >= 11 is 0. The van der Waals surface area contributed by atoms with E-state index in [0.29, 0.717) is 11.9 Å². The number of methoxy groups -OCH3 is 1.